The molecule has 0 amide bonds. The Morgan fingerprint density at radius 3 is 3.00 bits per heavy atom. The zero-order valence-corrected chi connectivity index (χ0v) is 9.16. The number of aliphatic hydroxyl groups excluding tert-OH is 1. The van der Waals surface area contributed by atoms with Crippen molar-refractivity contribution in [3.8, 4) is 0 Å². The summed E-state index contributed by atoms with van der Waals surface area (Å²) in [5, 5.41) is 12.6. The maximum absolute atomic E-state index is 9.36. The van der Waals surface area contributed by atoms with Gasteiger partial charge in [0.1, 0.15) is 0 Å². The molecule has 0 aromatic heterocycles. The lowest BCUT2D eigenvalue weighted by Crippen LogP contribution is -2.39. The first-order valence-electron chi connectivity index (χ1n) is 5.49. The molecule has 0 fully saturated rings. The second kappa shape index (κ2) is 5.86. The third-order valence-electron chi connectivity index (χ3n) is 2.54. The molecular weight excluding hydrogens is 178 g/mol. The molecular formula is C10H21N3O. The van der Waals surface area contributed by atoms with Crippen LogP contribution in [-0.2, 0) is 0 Å². The molecule has 0 aromatic carbocycles. The highest BCUT2D eigenvalue weighted by Gasteiger charge is 2.13. The number of rotatable bonds is 5. The first-order valence-corrected chi connectivity index (χ1v) is 5.49. The summed E-state index contributed by atoms with van der Waals surface area (Å²) >= 11 is 0. The lowest BCUT2D eigenvalue weighted by Gasteiger charge is -2.19. The first kappa shape index (κ1) is 11.3. The molecule has 1 heterocycles. The Bertz CT molecular complexity index is 194. The molecule has 0 saturated carbocycles. The molecule has 2 N–H and O–H groups in total. The van der Waals surface area contributed by atoms with Crippen molar-refractivity contribution in [1.82, 2.24) is 10.2 Å². The zero-order valence-electron chi connectivity index (χ0n) is 9.16. The Morgan fingerprint density at radius 2 is 2.36 bits per heavy atom. The number of hydrogen-bond acceptors (Lipinski definition) is 4. The van der Waals surface area contributed by atoms with Gasteiger partial charge in [0.05, 0.1) is 12.6 Å². The highest BCUT2D eigenvalue weighted by molar-refractivity contribution is 5.81. The van der Waals surface area contributed by atoms with Crippen molar-refractivity contribution >= 4 is 5.96 Å². The summed E-state index contributed by atoms with van der Waals surface area (Å²) in [4.78, 5) is 6.58. The van der Waals surface area contributed by atoms with Gasteiger partial charge in [0.25, 0.3) is 0 Å². The molecule has 1 unspecified atom stereocenters. The average molecular weight is 199 g/mol. The number of nitrogens with one attached hydrogen (secondary N) is 1. The Hall–Kier alpha value is -0.770. The van der Waals surface area contributed by atoms with Gasteiger partial charge in [-0.15, -0.1) is 0 Å². The molecule has 82 valence electrons. The summed E-state index contributed by atoms with van der Waals surface area (Å²) in [7, 11) is 0. The van der Waals surface area contributed by atoms with E-state index in [0.29, 0.717) is 0 Å². The number of guanidine groups is 1. The van der Waals surface area contributed by atoms with Crippen LogP contribution in [-0.4, -0.2) is 48.2 Å². The predicted octanol–water partition coefficient (Wildman–Crippen LogP) is 0.428. The summed E-state index contributed by atoms with van der Waals surface area (Å²) in [5.74, 6) is 0.996. The fourth-order valence-corrected chi connectivity index (χ4v) is 1.51. The minimum Gasteiger partial charge on any atom is -0.393 e. The third-order valence-corrected chi connectivity index (χ3v) is 2.54. The van der Waals surface area contributed by atoms with Crippen LogP contribution in [0.15, 0.2) is 4.99 Å². The molecule has 0 saturated heterocycles. The van der Waals surface area contributed by atoms with Gasteiger partial charge >= 0.3 is 0 Å². The van der Waals surface area contributed by atoms with E-state index in [1.54, 1.807) is 0 Å². The van der Waals surface area contributed by atoms with E-state index in [1.165, 1.54) is 0 Å². The van der Waals surface area contributed by atoms with Gasteiger partial charge in [-0.05, 0) is 19.8 Å². The Labute approximate surface area is 86.0 Å². The van der Waals surface area contributed by atoms with Crippen molar-refractivity contribution in [3.63, 3.8) is 0 Å². The number of nitrogens with zero attached hydrogens (tertiary/aromatic N) is 2. The van der Waals surface area contributed by atoms with Crippen molar-refractivity contribution in [2.24, 2.45) is 4.99 Å². The van der Waals surface area contributed by atoms with Crippen molar-refractivity contribution in [3.05, 3.63) is 0 Å². The van der Waals surface area contributed by atoms with E-state index in [4.69, 9.17) is 0 Å². The molecule has 4 heteroatoms. The van der Waals surface area contributed by atoms with Gasteiger partial charge < -0.3 is 15.3 Å². The molecule has 0 spiro atoms. The smallest absolute Gasteiger partial charge is 0.194 e. The highest BCUT2D eigenvalue weighted by atomic mass is 16.3. The Balaban J connectivity index is 2.18. The van der Waals surface area contributed by atoms with Crippen LogP contribution in [0.25, 0.3) is 0 Å². The van der Waals surface area contributed by atoms with E-state index in [2.05, 4.69) is 22.1 Å². The topological polar surface area (TPSA) is 47.9 Å². The van der Waals surface area contributed by atoms with Crippen LogP contribution in [0.3, 0.4) is 0 Å². The molecule has 0 bridgehead atoms. The van der Waals surface area contributed by atoms with E-state index in [1.807, 2.05) is 6.92 Å². The van der Waals surface area contributed by atoms with Gasteiger partial charge in [-0.3, -0.25) is 4.99 Å². The maximum atomic E-state index is 9.36. The number of aliphatic hydroxyl groups is 1. The lowest BCUT2D eigenvalue weighted by molar-refractivity contribution is 0.161. The van der Waals surface area contributed by atoms with E-state index >= 15 is 0 Å². The summed E-state index contributed by atoms with van der Waals surface area (Å²) < 4.78 is 0. The van der Waals surface area contributed by atoms with Crippen LogP contribution < -0.4 is 5.32 Å². The SMILES string of the molecule is CCC(O)CCNC1=NCCN1CC. The van der Waals surface area contributed by atoms with Gasteiger partial charge in [0.15, 0.2) is 5.96 Å². The summed E-state index contributed by atoms with van der Waals surface area (Å²) in [6.07, 6.45) is 1.44. The third kappa shape index (κ3) is 3.18. The van der Waals surface area contributed by atoms with Crippen molar-refractivity contribution < 1.29 is 5.11 Å². The van der Waals surface area contributed by atoms with E-state index in [-0.39, 0.29) is 6.10 Å². The Kier molecular flexibility index (Phi) is 4.73. The second-order valence-electron chi connectivity index (χ2n) is 3.56. The van der Waals surface area contributed by atoms with Crippen molar-refractivity contribution in [2.45, 2.75) is 32.8 Å². The molecule has 0 aliphatic carbocycles. The van der Waals surface area contributed by atoms with Gasteiger partial charge in [0, 0.05) is 19.6 Å². The van der Waals surface area contributed by atoms with Crippen LogP contribution in [0.5, 0.6) is 0 Å². The van der Waals surface area contributed by atoms with Gasteiger partial charge in [-0.2, -0.15) is 0 Å². The molecule has 1 rings (SSSR count). The minimum atomic E-state index is -0.181. The molecule has 0 aromatic rings. The molecule has 14 heavy (non-hydrogen) atoms. The summed E-state index contributed by atoms with van der Waals surface area (Å²) in [6, 6.07) is 0. The van der Waals surface area contributed by atoms with Crippen molar-refractivity contribution in [2.75, 3.05) is 26.2 Å². The largest absolute Gasteiger partial charge is 0.393 e. The van der Waals surface area contributed by atoms with Gasteiger partial charge in [-0.25, -0.2) is 0 Å². The first-order chi connectivity index (χ1) is 6.77. The summed E-state index contributed by atoms with van der Waals surface area (Å²) in [6.45, 7) is 7.85. The number of likely N-dealkylation sites (N-methyl/N-ethyl adjacent to an activating group) is 1. The van der Waals surface area contributed by atoms with Gasteiger partial charge in [0.2, 0.25) is 0 Å². The predicted molar refractivity (Wildman–Crippen MR) is 58.5 cm³/mol. The van der Waals surface area contributed by atoms with E-state index in [9.17, 15) is 5.11 Å². The van der Waals surface area contributed by atoms with Crippen LogP contribution >= 0.6 is 0 Å². The molecule has 0 radical (unpaired) electrons. The minimum absolute atomic E-state index is 0.181. The molecule has 1 atom stereocenters. The summed E-state index contributed by atoms with van der Waals surface area (Å²) in [5.41, 5.74) is 0. The average Bonchev–Trinajstić information content (AvgIpc) is 2.65. The number of aliphatic imine (C=N–C) groups is 1. The second-order valence-corrected chi connectivity index (χ2v) is 3.56. The monoisotopic (exact) mass is 199 g/mol. The number of hydrogen-bond donors (Lipinski definition) is 2. The van der Waals surface area contributed by atoms with E-state index in [0.717, 1.165) is 45.0 Å². The fourth-order valence-electron chi connectivity index (χ4n) is 1.51. The zero-order chi connectivity index (χ0) is 10.4. The van der Waals surface area contributed by atoms with Crippen LogP contribution in [0.1, 0.15) is 26.7 Å². The van der Waals surface area contributed by atoms with Crippen LogP contribution in [0.4, 0.5) is 0 Å². The Morgan fingerprint density at radius 1 is 1.57 bits per heavy atom. The standard InChI is InChI=1S/C10H21N3O/c1-3-9(14)5-6-11-10-12-7-8-13(10)4-2/h9,14H,3-8H2,1-2H3,(H,11,12). The van der Waals surface area contributed by atoms with Gasteiger partial charge in [-0.1, -0.05) is 6.92 Å². The normalized spacial score (nSPS) is 18.2. The fraction of sp³-hybridized carbons (Fsp3) is 0.900. The lowest BCUT2D eigenvalue weighted by atomic mass is 10.2. The molecule has 1 aliphatic heterocycles. The maximum Gasteiger partial charge on any atom is 0.194 e. The molecule has 1 aliphatic rings. The van der Waals surface area contributed by atoms with Crippen molar-refractivity contribution in [1.29, 1.82) is 0 Å². The quantitative estimate of drug-likeness (QED) is 0.675. The van der Waals surface area contributed by atoms with Crippen LogP contribution in [0, 0.1) is 0 Å². The van der Waals surface area contributed by atoms with E-state index < -0.39 is 0 Å². The molecule has 4 nitrogen and oxygen atoms in total. The highest BCUT2D eigenvalue weighted by Crippen LogP contribution is 1.99. The van der Waals surface area contributed by atoms with Crippen LogP contribution in [0.2, 0.25) is 0 Å².